The predicted octanol–water partition coefficient (Wildman–Crippen LogP) is 3.88. The van der Waals surface area contributed by atoms with Crippen molar-refractivity contribution in [3.8, 4) is 5.13 Å². The minimum absolute atomic E-state index is 0.404. The second kappa shape index (κ2) is 5.94. The maximum atomic E-state index is 5.38. The van der Waals surface area contributed by atoms with Gasteiger partial charge in [0.1, 0.15) is 5.76 Å². The van der Waals surface area contributed by atoms with Gasteiger partial charge in [-0.1, -0.05) is 5.16 Å². The van der Waals surface area contributed by atoms with E-state index in [2.05, 4.69) is 37.9 Å². The Balaban J connectivity index is 1.61. The largest absolute Gasteiger partial charge is 0.361 e. The summed E-state index contributed by atoms with van der Waals surface area (Å²) in [6.07, 6.45) is 6.33. The first-order valence-corrected chi connectivity index (χ1v) is 8.85. The van der Waals surface area contributed by atoms with Crippen molar-refractivity contribution in [1.29, 1.82) is 0 Å². The maximum absolute atomic E-state index is 5.38. The zero-order valence-corrected chi connectivity index (χ0v) is 14.2. The van der Waals surface area contributed by atoms with Crippen molar-refractivity contribution >= 4 is 11.3 Å². The molecule has 1 fully saturated rings. The highest BCUT2D eigenvalue weighted by molar-refractivity contribution is 7.12. The second-order valence-corrected chi connectivity index (χ2v) is 6.92. The van der Waals surface area contributed by atoms with Gasteiger partial charge in [0, 0.05) is 41.6 Å². The summed E-state index contributed by atoms with van der Waals surface area (Å²) in [6.45, 7) is 6.09. The molecular weight excluding hydrogens is 308 g/mol. The normalized spacial score (nSPS) is 18.8. The van der Waals surface area contributed by atoms with E-state index in [4.69, 9.17) is 4.52 Å². The molecule has 4 heterocycles. The van der Waals surface area contributed by atoms with Crippen molar-refractivity contribution < 1.29 is 4.52 Å². The molecule has 0 bridgehead atoms. The van der Waals surface area contributed by atoms with E-state index >= 15 is 0 Å². The van der Waals surface area contributed by atoms with E-state index in [-0.39, 0.29) is 0 Å². The Morgan fingerprint density at radius 1 is 1.39 bits per heavy atom. The molecule has 3 aromatic heterocycles. The van der Waals surface area contributed by atoms with Crippen molar-refractivity contribution in [2.75, 3.05) is 6.54 Å². The fourth-order valence-corrected chi connectivity index (χ4v) is 4.24. The fourth-order valence-electron chi connectivity index (χ4n) is 3.58. The third kappa shape index (κ3) is 2.62. The van der Waals surface area contributed by atoms with Gasteiger partial charge in [0.25, 0.3) is 0 Å². The minimum Gasteiger partial charge on any atom is -0.361 e. The zero-order valence-electron chi connectivity index (χ0n) is 13.4. The van der Waals surface area contributed by atoms with E-state index in [1.165, 1.54) is 24.1 Å². The smallest absolute Gasteiger partial charge is 0.193 e. The molecule has 0 spiro atoms. The molecule has 0 radical (unpaired) electrons. The minimum atomic E-state index is 0.404. The first-order valence-electron chi connectivity index (χ1n) is 7.97. The number of aryl methyl sites for hydroxylation is 2. The lowest BCUT2D eigenvalue weighted by Gasteiger charge is -2.24. The van der Waals surface area contributed by atoms with Crippen LogP contribution >= 0.6 is 11.3 Å². The van der Waals surface area contributed by atoms with E-state index in [0.29, 0.717) is 6.04 Å². The van der Waals surface area contributed by atoms with Crippen LogP contribution < -0.4 is 0 Å². The summed E-state index contributed by atoms with van der Waals surface area (Å²) >= 11 is 1.66. The number of rotatable bonds is 4. The van der Waals surface area contributed by atoms with E-state index in [1.54, 1.807) is 11.3 Å². The van der Waals surface area contributed by atoms with Crippen LogP contribution in [0.25, 0.3) is 5.13 Å². The highest BCUT2D eigenvalue weighted by Crippen LogP contribution is 2.36. The van der Waals surface area contributed by atoms with Crippen LogP contribution in [0.5, 0.6) is 0 Å². The Morgan fingerprint density at radius 3 is 3.04 bits per heavy atom. The number of thiazole rings is 1. The number of hydrogen-bond acceptors (Lipinski definition) is 5. The lowest BCUT2D eigenvalue weighted by atomic mass is 10.0. The van der Waals surface area contributed by atoms with Gasteiger partial charge in [0.05, 0.1) is 5.69 Å². The van der Waals surface area contributed by atoms with Gasteiger partial charge < -0.3 is 4.52 Å². The Hall–Kier alpha value is -1.92. The van der Waals surface area contributed by atoms with Crippen molar-refractivity contribution in [3.05, 3.63) is 52.6 Å². The summed E-state index contributed by atoms with van der Waals surface area (Å²) in [5.74, 6) is 0.953. The molecular formula is C17H20N4OS. The molecule has 23 heavy (non-hydrogen) atoms. The molecule has 120 valence electrons. The van der Waals surface area contributed by atoms with Crippen LogP contribution in [0.1, 0.15) is 41.6 Å². The van der Waals surface area contributed by atoms with E-state index in [9.17, 15) is 0 Å². The summed E-state index contributed by atoms with van der Waals surface area (Å²) in [5, 5.41) is 7.18. The van der Waals surface area contributed by atoms with Gasteiger partial charge in [-0.2, -0.15) is 0 Å². The average Bonchev–Trinajstić information content (AvgIpc) is 3.29. The molecule has 5 nitrogen and oxygen atoms in total. The van der Waals surface area contributed by atoms with Gasteiger partial charge in [0.15, 0.2) is 5.13 Å². The molecule has 0 saturated carbocycles. The number of nitrogens with zero attached hydrogens (tertiary/aromatic N) is 4. The number of hydrogen-bond donors (Lipinski definition) is 0. The Bertz CT molecular complexity index is 770. The molecule has 0 amide bonds. The van der Waals surface area contributed by atoms with Gasteiger partial charge in [0.2, 0.25) is 0 Å². The molecule has 4 rings (SSSR count). The van der Waals surface area contributed by atoms with Crippen molar-refractivity contribution in [2.45, 2.75) is 39.3 Å². The van der Waals surface area contributed by atoms with E-state index in [0.717, 1.165) is 29.7 Å². The highest BCUT2D eigenvalue weighted by Gasteiger charge is 2.31. The van der Waals surface area contributed by atoms with Gasteiger partial charge in [-0.3, -0.25) is 9.47 Å². The lowest BCUT2D eigenvalue weighted by Crippen LogP contribution is -2.24. The van der Waals surface area contributed by atoms with Crippen molar-refractivity contribution in [3.63, 3.8) is 0 Å². The Labute approximate surface area is 139 Å². The summed E-state index contributed by atoms with van der Waals surface area (Å²) in [4.78, 5) is 6.96. The molecule has 1 saturated heterocycles. The average molecular weight is 328 g/mol. The van der Waals surface area contributed by atoms with E-state index in [1.807, 2.05) is 25.4 Å². The van der Waals surface area contributed by atoms with Crippen LogP contribution in [0.3, 0.4) is 0 Å². The Morgan fingerprint density at radius 2 is 2.30 bits per heavy atom. The summed E-state index contributed by atoms with van der Waals surface area (Å²) in [5.41, 5.74) is 3.57. The molecule has 1 atom stereocenters. The van der Waals surface area contributed by atoms with Gasteiger partial charge >= 0.3 is 0 Å². The van der Waals surface area contributed by atoms with Crippen LogP contribution in [0.2, 0.25) is 0 Å². The first-order chi connectivity index (χ1) is 11.2. The molecule has 6 heteroatoms. The molecule has 0 unspecified atom stereocenters. The van der Waals surface area contributed by atoms with Crippen LogP contribution in [-0.4, -0.2) is 26.2 Å². The summed E-state index contributed by atoms with van der Waals surface area (Å²) < 4.78 is 7.57. The van der Waals surface area contributed by atoms with Crippen molar-refractivity contribution in [2.24, 2.45) is 0 Å². The van der Waals surface area contributed by atoms with Crippen LogP contribution in [0, 0.1) is 13.8 Å². The number of aromatic nitrogens is 3. The van der Waals surface area contributed by atoms with Crippen molar-refractivity contribution in [1.82, 2.24) is 19.6 Å². The summed E-state index contributed by atoms with van der Waals surface area (Å²) in [6, 6.07) is 4.68. The Kier molecular flexibility index (Phi) is 3.79. The van der Waals surface area contributed by atoms with Crippen LogP contribution in [0.15, 0.2) is 34.4 Å². The quantitative estimate of drug-likeness (QED) is 0.729. The molecule has 0 N–H and O–H groups in total. The molecule has 3 aromatic rings. The first kappa shape index (κ1) is 14.7. The van der Waals surface area contributed by atoms with E-state index < -0.39 is 0 Å². The maximum Gasteiger partial charge on any atom is 0.193 e. The SMILES string of the molecule is Cc1noc(C)c1[C@@H]1CCCN1Cc1cccn1-c1nccs1. The van der Waals surface area contributed by atoms with Crippen LogP contribution in [0.4, 0.5) is 0 Å². The van der Waals surface area contributed by atoms with Gasteiger partial charge in [-0.05, 0) is 45.4 Å². The predicted molar refractivity (Wildman–Crippen MR) is 89.8 cm³/mol. The fraction of sp³-hybridized carbons (Fsp3) is 0.412. The lowest BCUT2D eigenvalue weighted by molar-refractivity contribution is 0.241. The topological polar surface area (TPSA) is 47.1 Å². The number of likely N-dealkylation sites (tertiary alicyclic amines) is 1. The molecule has 1 aliphatic heterocycles. The molecule has 0 aromatic carbocycles. The monoisotopic (exact) mass is 328 g/mol. The standard InChI is InChI=1S/C17H20N4OS/c1-12-16(13(2)22-19-12)15-6-4-8-20(15)11-14-5-3-9-21(14)17-18-7-10-23-17/h3,5,7,9-10,15H,4,6,8,11H2,1-2H3/t15-/m0/s1. The third-order valence-electron chi connectivity index (χ3n) is 4.61. The van der Waals surface area contributed by atoms with Crippen LogP contribution in [-0.2, 0) is 6.54 Å². The molecule has 0 aliphatic carbocycles. The van der Waals surface area contributed by atoms with Gasteiger partial charge in [-0.25, -0.2) is 4.98 Å². The van der Waals surface area contributed by atoms with Gasteiger partial charge in [-0.15, -0.1) is 11.3 Å². The summed E-state index contributed by atoms with van der Waals surface area (Å²) in [7, 11) is 0. The third-order valence-corrected chi connectivity index (χ3v) is 5.38. The highest BCUT2D eigenvalue weighted by atomic mass is 32.1. The molecule has 1 aliphatic rings. The zero-order chi connectivity index (χ0) is 15.8. The second-order valence-electron chi connectivity index (χ2n) is 6.05.